The van der Waals surface area contributed by atoms with E-state index >= 15 is 0 Å². The van der Waals surface area contributed by atoms with Crippen molar-refractivity contribution in [3.05, 3.63) is 116 Å². The molecule has 2 atom stereocenters. The van der Waals surface area contributed by atoms with Crippen LogP contribution in [0.3, 0.4) is 0 Å². The minimum atomic E-state index is -1.46. The van der Waals surface area contributed by atoms with E-state index in [0.717, 1.165) is 34.8 Å². The Morgan fingerprint density at radius 1 is 0.733 bits per heavy atom. The van der Waals surface area contributed by atoms with Gasteiger partial charge in [0, 0.05) is 16.3 Å². The predicted octanol–water partition coefficient (Wildman–Crippen LogP) is 7.66. The van der Waals surface area contributed by atoms with Crippen LogP contribution in [0.25, 0.3) is 54.7 Å². The summed E-state index contributed by atoms with van der Waals surface area (Å²) < 4.78 is 18.6. The van der Waals surface area contributed by atoms with Crippen LogP contribution < -0.4 is 33.6 Å². The molecule has 2 heterocycles. The highest BCUT2D eigenvalue weighted by atomic mass is 127. The molecule has 0 spiro atoms. The Morgan fingerprint density at radius 3 is 1.93 bits per heavy atom. The molecule has 1 aliphatic carbocycles. The van der Waals surface area contributed by atoms with Gasteiger partial charge in [-0.15, -0.1) is 0 Å². The summed E-state index contributed by atoms with van der Waals surface area (Å²) in [5.41, 5.74) is 4.23. The highest BCUT2D eigenvalue weighted by molar-refractivity contribution is 7.38. The second kappa shape index (κ2) is 12.7. The third kappa shape index (κ3) is 5.58. The maximum atomic E-state index is 6.86. The Labute approximate surface area is 281 Å². The quantitative estimate of drug-likeness (QED) is 0.147. The van der Waals surface area contributed by atoms with Gasteiger partial charge >= 0.3 is 8.16 Å². The van der Waals surface area contributed by atoms with Crippen molar-refractivity contribution in [3.8, 4) is 11.3 Å². The van der Waals surface area contributed by atoms with Gasteiger partial charge in [0.15, 0.2) is 5.69 Å². The lowest BCUT2D eigenvalue weighted by molar-refractivity contribution is -0.715. The van der Waals surface area contributed by atoms with Gasteiger partial charge in [-0.25, -0.2) is 14.2 Å². The average Bonchev–Trinajstić information content (AvgIpc) is 3.44. The summed E-state index contributed by atoms with van der Waals surface area (Å²) >= 11 is 0. The molecule has 0 radical (unpaired) electrons. The lowest BCUT2D eigenvalue weighted by Crippen LogP contribution is -3.00. The zero-order chi connectivity index (χ0) is 29.6. The van der Waals surface area contributed by atoms with Gasteiger partial charge in [-0.3, -0.25) is 0 Å². The number of hydrogen-bond donors (Lipinski definition) is 1. The summed E-state index contributed by atoms with van der Waals surface area (Å²) in [6.45, 7) is 4.49. The second-order valence-electron chi connectivity index (χ2n) is 12.3. The molecule has 0 aliphatic heterocycles. The van der Waals surface area contributed by atoms with Crippen molar-refractivity contribution in [1.29, 1.82) is 0 Å². The topological polar surface area (TPSA) is 47.1 Å². The highest BCUT2D eigenvalue weighted by Crippen LogP contribution is 2.42. The van der Waals surface area contributed by atoms with Crippen molar-refractivity contribution >= 4 is 51.6 Å². The molecule has 45 heavy (non-hydrogen) atoms. The fraction of sp³-hybridized carbons (Fsp3) is 0.237. The molecule has 5 aromatic carbocycles. The van der Waals surface area contributed by atoms with E-state index < -0.39 is 8.16 Å². The summed E-state index contributed by atoms with van der Waals surface area (Å²) in [6, 6.07) is 37.4. The first kappa shape index (κ1) is 30.1. The van der Waals surface area contributed by atoms with E-state index in [2.05, 4.69) is 144 Å². The molecule has 1 N–H and O–H groups in total. The third-order valence-electron chi connectivity index (χ3n) is 9.23. The SMILES string of the molecule is CC(C)[n+]1cc(-c2ccccc2)n([C@@H]2CCCC[C@H]2Np2oc3ccc4ccccc4c3c3c(ccc4ccccc43)o2)c1.[I-]. The summed E-state index contributed by atoms with van der Waals surface area (Å²) in [6.07, 6.45) is 9.18. The van der Waals surface area contributed by atoms with Crippen LogP contribution >= 0.6 is 8.16 Å². The van der Waals surface area contributed by atoms with Crippen LogP contribution in [0.4, 0.5) is 0 Å². The smallest absolute Gasteiger partial charge is 0.307 e. The molecule has 1 aliphatic rings. The first-order valence-corrected chi connectivity index (χ1v) is 17.0. The zero-order valence-corrected chi connectivity index (χ0v) is 28.6. The van der Waals surface area contributed by atoms with Gasteiger partial charge in [0.25, 0.3) is 0 Å². The van der Waals surface area contributed by atoms with E-state index in [9.17, 15) is 0 Å². The summed E-state index contributed by atoms with van der Waals surface area (Å²) in [5, 5.41) is 10.9. The molecule has 2 aromatic heterocycles. The average molecular weight is 726 g/mol. The lowest BCUT2D eigenvalue weighted by Gasteiger charge is -2.29. The van der Waals surface area contributed by atoms with Crippen molar-refractivity contribution in [1.82, 2.24) is 4.57 Å². The normalized spacial score (nSPS) is 16.9. The van der Waals surface area contributed by atoms with Gasteiger partial charge in [0.2, 0.25) is 6.33 Å². The number of hydrogen-bond acceptors (Lipinski definition) is 3. The molecule has 0 unspecified atom stereocenters. The van der Waals surface area contributed by atoms with Crippen LogP contribution in [-0.2, 0) is 0 Å². The maximum Gasteiger partial charge on any atom is 0.307 e. The Hall–Kier alpha value is -3.58. The number of fused-ring (bicyclic) bond motifs is 7. The molecule has 0 saturated heterocycles. The van der Waals surface area contributed by atoms with Gasteiger partial charge in [-0.1, -0.05) is 97.4 Å². The molecule has 7 aromatic rings. The van der Waals surface area contributed by atoms with Gasteiger partial charge < -0.3 is 32.4 Å². The fourth-order valence-electron chi connectivity index (χ4n) is 6.98. The Kier molecular flexibility index (Phi) is 8.47. The molecule has 1 fully saturated rings. The minimum Gasteiger partial charge on any atom is -1.00 e. The van der Waals surface area contributed by atoms with Gasteiger partial charge in [-0.2, -0.15) is 0 Å². The van der Waals surface area contributed by atoms with E-state index in [1.165, 1.54) is 45.6 Å². The molecule has 228 valence electrons. The van der Waals surface area contributed by atoms with Crippen LogP contribution in [0.2, 0.25) is 0 Å². The van der Waals surface area contributed by atoms with Crippen molar-refractivity contribution in [2.45, 2.75) is 57.7 Å². The number of nitrogens with zero attached hydrogens (tertiary/aromatic N) is 2. The lowest BCUT2D eigenvalue weighted by atomic mass is 9.90. The van der Waals surface area contributed by atoms with Gasteiger partial charge in [-0.05, 0) is 66.8 Å². The zero-order valence-electron chi connectivity index (χ0n) is 25.6. The molecule has 7 heteroatoms. The van der Waals surface area contributed by atoms with Crippen molar-refractivity contribution in [2.75, 3.05) is 5.09 Å². The Balaban J connectivity index is 0.00000325. The number of imidazole rings is 1. The summed E-state index contributed by atoms with van der Waals surface area (Å²) in [4.78, 5) is 0. The molecule has 8 rings (SSSR count). The van der Waals surface area contributed by atoms with Crippen molar-refractivity contribution in [2.24, 2.45) is 0 Å². The molecular weight excluding hydrogens is 688 g/mol. The predicted molar refractivity (Wildman–Crippen MR) is 182 cm³/mol. The minimum absolute atomic E-state index is 0. The second-order valence-corrected chi connectivity index (χ2v) is 13.4. The van der Waals surface area contributed by atoms with Crippen LogP contribution in [0.5, 0.6) is 0 Å². The van der Waals surface area contributed by atoms with E-state index in [0.29, 0.717) is 6.04 Å². The van der Waals surface area contributed by atoms with Crippen molar-refractivity contribution in [3.63, 3.8) is 0 Å². The molecular formula is C38H37IN3O2P. The number of halogens is 1. The van der Waals surface area contributed by atoms with E-state index in [1.807, 2.05) is 0 Å². The number of rotatable bonds is 5. The molecule has 5 nitrogen and oxygen atoms in total. The fourth-order valence-corrected chi connectivity index (χ4v) is 8.35. The Morgan fingerprint density at radius 2 is 1.31 bits per heavy atom. The highest BCUT2D eigenvalue weighted by Gasteiger charge is 2.34. The monoisotopic (exact) mass is 725 g/mol. The van der Waals surface area contributed by atoms with E-state index in [-0.39, 0.29) is 36.1 Å². The van der Waals surface area contributed by atoms with Crippen LogP contribution in [0, 0.1) is 0 Å². The standard InChI is InChI=1S/C38H37N3O2P.HI/c1-26(2)40-24-34(29-14-4-3-5-15-29)41(25-40)33-19-11-10-18-32(33)39-44-42-35-22-20-27-12-6-8-16-30(27)37(35)38-31-17-9-7-13-28(31)21-23-36(38)43-44;/h3-9,12-17,20-26,32-33,39H,10-11,18-19H2,1-2H3;1H/q+1;/p-1/t32-,33-;/m1./s1. The van der Waals surface area contributed by atoms with Gasteiger partial charge in [0.1, 0.15) is 23.4 Å². The van der Waals surface area contributed by atoms with Crippen LogP contribution in [0.1, 0.15) is 51.6 Å². The molecule has 1 saturated carbocycles. The van der Waals surface area contributed by atoms with E-state index in [1.54, 1.807) is 0 Å². The van der Waals surface area contributed by atoms with Crippen molar-refractivity contribution < 1.29 is 36.9 Å². The molecule has 0 bridgehead atoms. The number of nitrogens with one attached hydrogen (secondary N) is 1. The van der Waals surface area contributed by atoms with Crippen LogP contribution in [-0.4, -0.2) is 10.6 Å². The first-order chi connectivity index (χ1) is 21.6. The van der Waals surface area contributed by atoms with Gasteiger partial charge in [0.05, 0.1) is 12.1 Å². The van der Waals surface area contributed by atoms with E-state index in [4.69, 9.17) is 8.39 Å². The summed E-state index contributed by atoms with van der Waals surface area (Å²) in [7, 11) is -1.46. The summed E-state index contributed by atoms with van der Waals surface area (Å²) in [5.74, 6) is 0. The molecule has 0 amide bonds. The number of benzene rings is 5. The van der Waals surface area contributed by atoms with Crippen LogP contribution in [0.15, 0.2) is 124 Å². The number of aromatic nitrogens is 2. The first-order valence-electron chi connectivity index (χ1n) is 15.8. The maximum absolute atomic E-state index is 6.86. The Bertz CT molecular complexity index is 2070. The third-order valence-corrected chi connectivity index (χ3v) is 10.5. The largest absolute Gasteiger partial charge is 1.00 e.